The molecule has 2 aromatic rings. The van der Waals surface area contributed by atoms with Crippen LogP contribution in [0.3, 0.4) is 0 Å². The zero-order valence-corrected chi connectivity index (χ0v) is 26.6. The van der Waals surface area contributed by atoms with E-state index in [4.69, 9.17) is 23.7 Å². The number of carbonyl (C=O) groups is 6. The fourth-order valence-electron chi connectivity index (χ4n) is 5.79. The van der Waals surface area contributed by atoms with E-state index < -0.39 is 87.4 Å². The average molecular weight is 673 g/mol. The van der Waals surface area contributed by atoms with E-state index in [2.05, 4.69) is 10.6 Å². The second kappa shape index (κ2) is 13.2. The third kappa shape index (κ3) is 7.03. The van der Waals surface area contributed by atoms with E-state index in [1.54, 1.807) is 18.2 Å². The van der Waals surface area contributed by atoms with Gasteiger partial charge in [-0.2, -0.15) is 0 Å². The molecule has 5 unspecified atom stereocenters. The molecule has 16 heteroatoms. The van der Waals surface area contributed by atoms with Crippen molar-refractivity contribution in [2.75, 3.05) is 18.9 Å². The van der Waals surface area contributed by atoms with E-state index in [9.17, 15) is 37.2 Å². The van der Waals surface area contributed by atoms with Crippen LogP contribution in [0.2, 0.25) is 0 Å². The van der Waals surface area contributed by atoms with Crippen molar-refractivity contribution in [3.8, 4) is 0 Å². The molecule has 0 aromatic heterocycles. The van der Waals surface area contributed by atoms with Gasteiger partial charge in [0.1, 0.15) is 29.4 Å². The number of hydrogen-bond donors (Lipinski definition) is 2. The summed E-state index contributed by atoms with van der Waals surface area (Å²) < 4.78 is 52.6. The molecule has 1 fully saturated rings. The molecule has 5 atom stereocenters. The van der Waals surface area contributed by atoms with E-state index in [0.717, 1.165) is 20.8 Å². The quantitative estimate of drug-likeness (QED) is 0.291. The summed E-state index contributed by atoms with van der Waals surface area (Å²) in [6.45, 7) is 4.27. The van der Waals surface area contributed by atoms with Crippen molar-refractivity contribution in [3.63, 3.8) is 0 Å². The van der Waals surface area contributed by atoms with E-state index in [1.165, 1.54) is 19.1 Å². The fraction of sp³-hybridized carbons (Fsp3) is 0.419. The number of allylic oxidation sites excluding steroid dienone is 2. The summed E-state index contributed by atoms with van der Waals surface area (Å²) in [5.74, 6) is -4.48. The number of benzene rings is 2. The predicted molar refractivity (Wildman–Crippen MR) is 160 cm³/mol. The second-order valence-electron chi connectivity index (χ2n) is 11.2. The Morgan fingerprint density at radius 3 is 2.15 bits per heavy atom. The largest absolute Gasteiger partial charge is 0.463 e. The Morgan fingerprint density at radius 1 is 0.851 bits per heavy atom. The van der Waals surface area contributed by atoms with Crippen molar-refractivity contribution in [1.29, 1.82) is 0 Å². The molecule has 15 nitrogen and oxygen atoms in total. The topological polar surface area (TPSA) is 207 Å². The van der Waals surface area contributed by atoms with Crippen LogP contribution in [0.25, 0.3) is 10.8 Å². The first-order valence-electron chi connectivity index (χ1n) is 14.6. The molecule has 1 saturated heterocycles. The lowest BCUT2D eigenvalue weighted by Gasteiger charge is -2.44. The first-order valence-corrected chi connectivity index (χ1v) is 16.2. The number of rotatable bonds is 8. The SMILES string of the molecule is CC(=O)OCC1OC(OC(C)=O)C(NCc2ccc3cc4c(cc3c2)C(=O)C2=C(C4=O)S(=O)(=O)CCN2)C(OC(C)=O)C1OC(C)=O. The Hall–Kier alpha value is -4.67. The molecule has 0 saturated carbocycles. The summed E-state index contributed by atoms with van der Waals surface area (Å²) in [7, 11) is -3.92. The Morgan fingerprint density at radius 2 is 1.49 bits per heavy atom. The highest BCUT2D eigenvalue weighted by atomic mass is 32.2. The highest BCUT2D eigenvalue weighted by molar-refractivity contribution is 7.96. The Bertz CT molecular complexity index is 1830. The molecule has 250 valence electrons. The fourth-order valence-corrected chi connectivity index (χ4v) is 7.24. The molecule has 0 radical (unpaired) electrons. The zero-order chi connectivity index (χ0) is 34.2. The average Bonchev–Trinajstić information content (AvgIpc) is 2.97. The van der Waals surface area contributed by atoms with Crippen LogP contribution in [-0.4, -0.2) is 93.4 Å². The maximum Gasteiger partial charge on any atom is 0.304 e. The van der Waals surface area contributed by atoms with Gasteiger partial charge < -0.3 is 34.3 Å². The van der Waals surface area contributed by atoms with Crippen molar-refractivity contribution < 1.29 is 60.9 Å². The molecule has 0 amide bonds. The Labute approximate surface area is 268 Å². The van der Waals surface area contributed by atoms with Crippen LogP contribution in [-0.2, 0) is 59.2 Å². The molecular formula is C31H32N2O13S. The highest BCUT2D eigenvalue weighted by Gasteiger charge is 2.51. The van der Waals surface area contributed by atoms with Gasteiger partial charge in [-0.25, -0.2) is 8.42 Å². The molecule has 2 heterocycles. The molecule has 3 aliphatic rings. The summed E-state index contributed by atoms with van der Waals surface area (Å²) in [6.07, 6.45) is -5.05. The van der Waals surface area contributed by atoms with Gasteiger partial charge >= 0.3 is 23.9 Å². The predicted octanol–water partition coefficient (Wildman–Crippen LogP) is 0.621. The molecule has 5 rings (SSSR count). The number of ether oxygens (including phenoxy) is 5. The molecule has 0 bridgehead atoms. The van der Waals surface area contributed by atoms with Gasteiger partial charge in [0.15, 0.2) is 22.0 Å². The minimum Gasteiger partial charge on any atom is -0.463 e. The molecular weight excluding hydrogens is 640 g/mol. The lowest BCUT2D eigenvalue weighted by atomic mass is 9.89. The number of fused-ring (bicyclic) bond motifs is 2. The van der Waals surface area contributed by atoms with Gasteiger partial charge in [0, 0.05) is 51.9 Å². The highest BCUT2D eigenvalue weighted by Crippen LogP contribution is 2.34. The molecule has 47 heavy (non-hydrogen) atoms. The summed E-state index contributed by atoms with van der Waals surface area (Å²) in [6, 6.07) is 7.04. The van der Waals surface area contributed by atoms with Gasteiger partial charge in [0.2, 0.25) is 17.9 Å². The van der Waals surface area contributed by atoms with Crippen molar-refractivity contribution in [3.05, 3.63) is 57.6 Å². The Kier molecular flexibility index (Phi) is 9.47. The number of ketones is 2. The van der Waals surface area contributed by atoms with Crippen LogP contribution in [0.4, 0.5) is 0 Å². The smallest absolute Gasteiger partial charge is 0.304 e. The lowest BCUT2D eigenvalue weighted by Crippen LogP contribution is -2.66. The van der Waals surface area contributed by atoms with Gasteiger partial charge in [-0.3, -0.25) is 28.8 Å². The first-order chi connectivity index (χ1) is 22.2. The monoisotopic (exact) mass is 672 g/mol. The van der Waals surface area contributed by atoms with Gasteiger partial charge in [-0.1, -0.05) is 12.1 Å². The van der Waals surface area contributed by atoms with Gasteiger partial charge in [0.25, 0.3) is 0 Å². The van der Waals surface area contributed by atoms with Crippen molar-refractivity contribution in [1.82, 2.24) is 10.6 Å². The maximum atomic E-state index is 13.3. The summed E-state index contributed by atoms with van der Waals surface area (Å²) in [5, 5.41) is 7.04. The number of sulfone groups is 1. The van der Waals surface area contributed by atoms with Gasteiger partial charge in [0.05, 0.1) is 5.75 Å². The van der Waals surface area contributed by atoms with Crippen LogP contribution >= 0.6 is 0 Å². The van der Waals surface area contributed by atoms with Crippen molar-refractivity contribution >= 4 is 56.1 Å². The third-order valence-corrected chi connectivity index (χ3v) is 9.45. The number of carbonyl (C=O) groups excluding carboxylic acids is 6. The molecule has 2 aromatic carbocycles. The summed E-state index contributed by atoms with van der Waals surface area (Å²) in [5.41, 5.74) is 0.460. The second-order valence-corrected chi connectivity index (χ2v) is 13.2. The van der Waals surface area contributed by atoms with Gasteiger partial charge in [-0.15, -0.1) is 0 Å². The molecule has 2 N–H and O–H groups in total. The minimum atomic E-state index is -3.92. The normalized spacial score (nSPS) is 24.8. The number of esters is 4. The van der Waals surface area contributed by atoms with Crippen LogP contribution in [0.15, 0.2) is 40.9 Å². The van der Waals surface area contributed by atoms with Crippen LogP contribution in [0.5, 0.6) is 0 Å². The van der Waals surface area contributed by atoms with E-state index >= 15 is 0 Å². The molecule has 2 aliphatic heterocycles. The number of hydrogen-bond acceptors (Lipinski definition) is 15. The van der Waals surface area contributed by atoms with Crippen LogP contribution < -0.4 is 10.6 Å². The van der Waals surface area contributed by atoms with Crippen LogP contribution in [0.1, 0.15) is 54.0 Å². The minimum absolute atomic E-state index is 0.00739. The molecule has 0 spiro atoms. The standard InChI is InChI=1S/C31H32N2O13S/c1-14(34)42-13-23-28(43-15(2)35)29(44-16(3)36)25(31(46-23)45-17(4)37)33-12-18-5-6-19-10-22-21(11-20(19)9-18)26(38)24-30(27(22)39)47(40,41)8-7-32-24/h5-6,9-11,23,25,28-29,31-33H,7-8,12-13H2,1-4H3. The first kappa shape index (κ1) is 33.7. The van der Waals surface area contributed by atoms with E-state index in [0.29, 0.717) is 16.3 Å². The number of Topliss-reactive ketones (excluding diaryl/α,β-unsaturated/α-hetero) is 2. The number of nitrogens with one attached hydrogen (secondary N) is 2. The Balaban J connectivity index is 1.46. The van der Waals surface area contributed by atoms with E-state index in [1.807, 2.05) is 0 Å². The third-order valence-electron chi connectivity index (χ3n) is 7.70. The zero-order valence-electron chi connectivity index (χ0n) is 25.8. The summed E-state index contributed by atoms with van der Waals surface area (Å²) in [4.78, 5) is 73.8. The lowest BCUT2D eigenvalue weighted by molar-refractivity contribution is -0.271. The van der Waals surface area contributed by atoms with Crippen LogP contribution in [0, 0.1) is 0 Å². The maximum absolute atomic E-state index is 13.3. The van der Waals surface area contributed by atoms with Crippen molar-refractivity contribution in [2.24, 2.45) is 0 Å². The van der Waals surface area contributed by atoms with E-state index in [-0.39, 0.29) is 35.7 Å². The summed E-state index contributed by atoms with van der Waals surface area (Å²) >= 11 is 0. The van der Waals surface area contributed by atoms with Crippen molar-refractivity contribution in [2.45, 2.75) is 64.9 Å². The molecule has 1 aliphatic carbocycles. The van der Waals surface area contributed by atoms with Gasteiger partial charge in [-0.05, 0) is 34.5 Å².